The number of benzene rings is 1. The van der Waals surface area contributed by atoms with E-state index in [1.807, 2.05) is 13.2 Å². The number of nitrogens with one attached hydrogen (secondary N) is 1. The first-order valence-electron chi connectivity index (χ1n) is 5.66. The van der Waals surface area contributed by atoms with E-state index in [-0.39, 0.29) is 16.6 Å². The number of nitro groups is 1. The first-order valence-corrected chi connectivity index (χ1v) is 8.54. The third-order valence-electron chi connectivity index (χ3n) is 2.54. The monoisotopic (exact) mass is 304 g/mol. The fourth-order valence-electron chi connectivity index (χ4n) is 1.47. The van der Waals surface area contributed by atoms with E-state index in [0.717, 1.165) is 0 Å². The highest BCUT2D eigenvalue weighted by molar-refractivity contribution is 7.98. The Balaban J connectivity index is 2.90. The van der Waals surface area contributed by atoms with Gasteiger partial charge in [0.05, 0.1) is 9.82 Å². The topological polar surface area (TPSA) is 89.3 Å². The number of rotatable bonds is 7. The zero-order chi connectivity index (χ0) is 14.5. The summed E-state index contributed by atoms with van der Waals surface area (Å²) in [4.78, 5) is 9.99. The molecule has 0 radical (unpaired) electrons. The van der Waals surface area contributed by atoms with Gasteiger partial charge in [-0.3, -0.25) is 10.1 Å². The smallest absolute Gasteiger partial charge is 0.258 e. The van der Waals surface area contributed by atoms with E-state index in [1.54, 1.807) is 11.8 Å². The molecule has 0 bridgehead atoms. The molecular formula is C11H16N2O4S2. The summed E-state index contributed by atoms with van der Waals surface area (Å²) in [6.45, 7) is 1.90. The Morgan fingerprint density at radius 3 is 2.37 bits per heavy atom. The highest BCUT2D eigenvalue weighted by atomic mass is 32.2. The fourth-order valence-corrected chi connectivity index (χ4v) is 3.62. The van der Waals surface area contributed by atoms with Crippen molar-refractivity contribution in [1.82, 2.24) is 4.72 Å². The van der Waals surface area contributed by atoms with Crippen LogP contribution in [0.2, 0.25) is 0 Å². The second-order valence-corrected chi connectivity index (χ2v) is 6.56. The van der Waals surface area contributed by atoms with Gasteiger partial charge < -0.3 is 0 Å². The Hall–Kier alpha value is -1.12. The predicted molar refractivity (Wildman–Crippen MR) is 75.9 cm³/mol. The molecule has 1 aromatic rings. The second-order valence-electron chi connectivity index (χ2n) is 3.93. The summed E-state index contributed by atoms with van der Waals surface area (Å²) in [5.41, 5.74) is -0.130. The molecule has 0 spiro atoms. The zero-order valence-electron chi connectivity index (χ0n) is 10.7. The van der Waals surface area contributed by atoms with Gasteiger partial charge in [-0.15, -0.1) is 0 Å². The van der Waals surface area contributed by atoms with E-state index >= 15 is 0 Å². The lowest BCUT2D eigenvalue weighted by Gasteiger charge is -2.15. The molecule has 0 heterocycles. The van der Waals surface area contributed by atoms with Crippen molar-refractivity contribution in [2.45, 2.75) is 24.3 Å². The Labute approximate surface area is 116 Å². The van der Waals surface area contributed by atoms with Gasteiger partial charge in [-0.1, -0.05) is 6.92 Å². The van der Waals surface area contributed by atoms with Crippen molar-refractivity contribution in [3.05, 3.63) is 34.4 Å². The van der Waals surface area contributed by atoms with E-state index in [0.29, 0.717) is 12.2 Å². The maximum Gasteiger partial charge on any atom is 0.269 e. The Morgan fingerprint density at radius 2 is 1.95 bits per heavy atom. The molecule has 1 aromatic carbocycles. The lowest BCUT2D eigenvalue weighted by atomic mass is 10.3. The Kier molecular flexibility index (Phi) is 5.77. The molecule has 1 atom stereocenters. The maximum absolute atomic E-state index is 12.1. The van der Waals surface area contributed by atoms with Crippen LogP contribution in [0.15, 0.2) is 29.2 Å². The lowest BCUT2D eigenvalue weighted by Crippen LogP contribution is -2.36. The van der Waals surface area contributed by atoms with Crippen molar-refractivity contribution in [2.75, 3.05) is 12.0 Å². The molecule has 0 saturated carbocycles. The number of nitro benzene ring substituents is 1. The van der Waals surface area contributed by atoms with Gasteiger partial charge in [0.2, 0.25) is 10.0 Å². The van der Waals surface area contributed by atoms with E-state index in [2.05, 4.69) is 4.72 Å². The molecule has 0 aliphatic heterocycles. The number of thioether (sulfide) groups is 1. The Morgan fingerprint density at radius 1 is 1.37 bits per heavy atom. The molecule has 19 heavy (non-hydrogen) atoms. The lowest BCUT2D eigenvalue weighted by molar-refractivity contribution is -0.384. The van der Waals surface area contributed by atoms with Crippen LogP contribution in [-0.2, 0) is 10.0 Å². The van der Waals surface area contributed by atoms with Gasteiger partial charge in [0, 0.05) is 23.9 Å². The number of hydrogen-bond acceptors (Lipinski definition) is 5. The van der Waals surface area contributed by atoms with Crippen molar-refractivity contribution in [2.24, 2.45) is 0 Å². The quantitative estimate of drug-likeness (QED) is 0.615. The van der Waals surface area contributed by atoms with Gasteiger partial charge in [-0.25, -0.2) is 13.1 Å². The molecular weight excluding hydrogens is 288 g/mol. The maximum atomic E-state index is 12.1. The predicted octanol–water partition coefficient (Wildman–Crippen LogP) is 2.01. The van der Waals surface area contributed by atoms with Crippen LogP contribution in [0.25, 0.3) is 0 Å². The molecule has 1 N–H and O–H groups in total. The third-order valence-corrected chi connectivity index (χ3v) is 4.81. The van der Waals surface area contributed by atoms with Crippen molar-refractivity contribution in [3.63, 3.8) is 0 Å². The van der Waals surface area contributed by atoms with Gasteiger partial charge in [-0.2, -0.15) is 11.8 Å². The average Bonchev–Trinajstić information content (AvgIpc) is 2.38. The molecule has 8 heteroatoms. The minimum absolute atomic E-state index is 0.0395. The largest absolute Gasteiger partial charge is 0.269 e. The zero-order valence-corrected chi connectivity index (χ0v) is 12.3. The van der Waals surface area contributed by atoms with Crippen molar-refractivity contribution in [3.8, 4) is 0 Å². The second kappa shape index (κ2) is 6.88. The van der Waals surface area contributed by atoms with Crippen LogP contribution in [-0.4, -0.2) is 31.4 Å². The van der Waals surface area contributed by atoms with Crippen LogP contribution < -0.4 is 4.72 Å². The fraction of sp³-hybridized carbons (Fsp3) is 0.455. The molecule has 0 fully saturated rings. The summed E-state index contributed by atoms with van der Waals surface area (Å²) in [5, 5.41) is 10.5. The van der Waals surface area contributed by atoms with Gasteiger partial charge in [0.15, 0.2) is 0 Å². The SMILES string of the molecule is CC[C@@H](CSC)NS(=O)(=O)c1ccc([N+](=O)[O-])cc1. The molecule has 106 valence electrons. The minimum atomic E-state index is -3.62. The number of nitrogens with zero attached hydrogens (tertiary/aromatic N) is 1. The number of sulfonamides is 1. The highest BCUT2D eigenvalue weighted by Gasteiger charge is 2.19. The van der Waals surface area contributed by atoms with Crippen LogP contribution in [0.1, 0.15) is 13.3 Å². The standard InChI is InChI=1S/C11H16N2O4S2/c1-3-9(8-18-2)12-19(16,17)11-6-4-10(5-7-11)13(14)15/h4-7,9,12H,3,8H2,1-2H3/t9-/m0/s1. The van der Waals surface area contributed by atoms with E-state index in [1.165, 1.54) is 24.3 Å². The molecule has 6 nitrogen and oxygen atoms in total. The molecule has 0 aliphatic rings. The molecule has 1 rings (SSSR count). The third kappa shape index (κ3) is 4.48. The van der Waals surface area contributed by atoms with Gasteiger partial charge in [0.1, 0.15) is 0 Å². The first-order chi connectivity index (χ1) is 8.90. The molecule has 0 aromatic heterocycles. The highest BCUT2D eigenvalue weighted by Crippen LogP contribution is 2.16. The van der Waals surface area contributed by atoms with E-state index < -0.39 is 14.9 Å². The van der Waals surface area contributed by atoms with Crippen LogP contribution in [0.3, 0.4) is 0 Å². The summed E-state index contributed by atoms with van der Waals surface area (Å²) in [6.07, 6.45) is 2.59. The van der Waals surface area contributed by atoms with Gasteiger partial charge in [-0.05, 0) is 24.8 Å². The Bertz CT molecular complexity index is 528. The average molecular weight is 304 g/mol. The summed E-state index contributed by atoms with van der Waals surface area (Å²) in [5.74, 6) is 0.683. The van der Waals surface area contributed by atoms with Crippen molar-refractivity contribution >= 4 is 27.5 Å². The van der Waals surface area contributed by atoms with Crippen LogP contribution >= 0.6 is 11.8 Å². The van der Waals surface area contributed by atoms with E-state index in [4.69, 9.17) is 0 Å². The molecule has 0 unspecified atom stereocenters. The molecule has 0 amide bonds. The summed E-state index contributed by atoms with van der Waals surface area (Å²) >= 11 is 1.56. The van der Waals surface area contributed by atoms with Gasteiger partial charge in [0.25, 0.3) is 5.69 Å². The first kappa shape index (κ1) is 15.9. The summed E-state index contributed by atoms with van der Waals surface area (Å²) < 4.78 is 26.7. The van der Waals surface area contributed by atoms with Crippen molar-refractivity contribution < 1.29 is 13.3 Å². The van der Waals surface area contributed by atoms with Crippen LogP contribution in [0.5, 0.6) is 0 Å². The molecule has 0 aliphatic carbocycles. The van der Waals surface area contributed by atoms with Crippen LogP contribution in [0, 0.1) is 10.1 Å². The van der Waals surface area contributed by atoms with E-state index in [9.17, 15) is 18.5 Å². The molecule has 0 saturated heterocycles. The minimum Gasteiger partial charge on any atom is -0.258 e. The van der Waals surface area contributed by atoms with Crippen LogP contribution in [0.4, 0.5) is 5.69 Å². The normalized spacial score (nSPS) is 13.2. The summed E-state index contributed by atoms with van der Waals surface area (Å²) in [7, 11) is -3.62. The number of hydrogen-bond donors (Lipinski definition) is 1. The number of non-ortho nitro benzene ring substituents is 1. The van der Waals surface area contributed by atoms with Crippen molar-refractivity contribution in [1.29, 1.82) is 0 Å². The summed E-state index contributed by atoms with van der Waals surface area (Å²) in [6, 6.07) is 4.71. The van der Waals surface area contributed by atoms with Gasteiger partial charge >= 0.3 is 0 Å².